The highest BCUT2D eigenvalue weighted by molar-refractivity contribution is 7.56. The molecule has 1 heterocycles. The van der Waals surface area contributed by atoms with Crippen LogP contribution in [0.15, 0.2) is 97.1 Å². The molecule has 0 radical (unpaired) electrons. The second kappa shape index (κ2) is 10.3. The molecule has 4 aromatic carbocycles. The Kier molecular flexibility index (Phi) is 6.74. The molecule has 0 aliphatic carbocycles. The molecule has 8 heteroatoms. The molecule has 1 aliphatic rings. The van der Waals surface area contributed by atoms with Gasteiger partial charge in [0.05, 0.1) is 20.8 Å². The zero-order chi connectivity index (χ0) is 25.0. The lowest BCUT2D eigenvalue weighted by molar-refractivity contribution is 0.369. The van der Waals surface area contributed by atoms with Crippen LogP contribution in [0.3, 0.4) is 0 Å². The van der Waals surface area contributed by atoms with E-state index >= 15 is 0 Å². The predicted octanol–water partition coefficient (Wildman–Crippen LogP) is 6.90. The van der Waals surface area contributed by atoms with Gasteiger partial charge in [-0.2, -0.15) is 0 Å². The minimum atomic E-state index is -3.81. The number of methoxy groups -OCH3 is 2. The number of para-hydroxylation sites is 2. The minimum Gasteiger partial charge on any atom is -0.497 e. The Balaban J connectivity index is 1.44. The van der Waals surface area contributed by atoms with Crippen molar-refractivity contribution < 1.29 is 23.1 Å². The van der Waals surface area contributed by atoms with Gasteiger partial charge < -0.3 is 23.8 Å². The molecule has 1 aliphatic heterocycles. The highest BCUT2D eigenvalue weighted by Gasteiger charge is 2.42. The van der Waals surface area contributed by atoms with Crippen molar-refractivity contribution in [2.45, 2.75) is 13.1 Å². The maximum atomic E-state index is 14.4. The van der Waals surface area contributed by atoms with Gasteiger partial charge >= 0.3 is 7.75 Å². The number of anilines is 2. The van der Waals surface area contributed by atoms with Gasteiger partial charge in [-0.25, -0.2) is 4.57 Å². The number of nitrogens with one attached hydrogen (secondary N) is 1. The van der Waals surface area contributed by atoms with E-state index in [0.717, 1.165) is 22.6 Å². The van der Waals surface area contributed by atoms with Gasteiger partial charge in [-0.1, -0.05) is 36.4 Å². The quantitative estimate of drug-likeness (QED) is 0.263. The summed E-state index contributed by atoms with van der Waals surface area (Å²) in [5, 5.41) is 3.38. The van der Waals surface area contributed by atoms with Crippen molar-refractivity contribution >= 4 is 19.1 Å². The lowest BCUT2D eigenvalue weighted by Gasteiger charge is -2.36. The molecule has 36 heavy (non-hydrogen) atoms. The monoisotopic (exact) mass is 502 g/mol. The summed E-state index contributed by atoms with van der Waals surface area (Å²) >= 11 is 0. The maximum Gasteiger partial charge on any atom is 0.544 e. The normalized spacial score (nSPS) is 16.4. The minimum absolute atomic E-state index is 0.381. The van der Waals surface area contributed by atoms with Crippen LogP contribution in [-0.2, 0) is 17.7 Å². The molecular weight excluding hydrogens is 475 g/mol. The number of rotatable bonds is 8. The average Bonchev–Trinajstić information content (AvgIpc) is 2.92. The van der Waals surface area contributed by atoms with Crippen LogP contribution < -0.4 is 28.5 Å². The molecule has 1 N–H and O–H groups in total. The summed E-state index contributed by atoms with van der Waals surface area (Å²) < 4.78 is 38.9. The second-order valence-corrected chi connectivity index (χ2v) is 9.99. The Hall–Kier alpha value is -4.09. The van der Waals surface area contributed by atoms with Crippen molar-refractivity contribution in [3.05, 3.63) is 108 Å². The lowest BCUT2D eigenvalue weighted by Crippen LogP contribution is -2.29. The van der Waals surface area contributed by atoms with Crippen molar-refractivity contribution in [2.24, 2.45) is 0 Å². The molecule has 184 valence electrons. The first kappa shape index (κ1) is 23.6. The van der Waals surface area contributed by atoms with Crippen LogP contribution in [0.2, 0.25) is 0 Å². The summed E-state index contributed by atoms with van der Waals surface area (Å²) in [6, 6.07) is 30.1. The van der Waals surface area contributed by atoms with Gasteiger partial charge in [0.1, 0.15) is 23.0 Å². The first-order chi connectivity index (χ1) is 17.6. The van der Waals surface area contributed by atoms with E-state index in [0.29, 0.717) is 36.0 Å². The van der Waals surface area contributed by atoms with Crippen LogP contribution in [0.4, 0.5) is 11.4 Å². The number of ether oxygens (including phenoxy) is 2. The number of fused-ring (bicyclic) bond motifs is 1. The van der Waals surface area contributed by atoms with E-state index < -0.39 is 7.75 Å². The van der Waals surface area contributed by atoms with E-state index in [4.69, 9.17) is 18.5 Å². The standard InChI is InChI=1S/C28H27N2O5P/c1-32-25-15-11-23(12-16-25)29-19-21-7-3-5-9-27(21)34-36(31)30(24-13-17-26(33-2)18-14-24)20-22-8-4-6-10-28(22)35-36/h3-18,29H,19-20H2,1-2H3. The van der Waals surface area contributed by atoms with Crippen LogP contribution in [-0.4, -0.2) is 14.2 Å². The molecule has 0 bridgehead atoms. The molecule has 0 fully saturated rings. The van der Waals surface area contributed by atoms with Gasteiger partial charge in [0, 0.05) is 29.0 Å². The fraction of sp³-hybridized carbons (Fsp3) is 0.143. The molecule has 4 aromatic rings. The van der Waals surface area contributed by atoms with Crippen molar-refractivity contribution in [3.63, 3.8) is 0 Å². The van der Waals surface area contributed by atoms with Gasteiger partial charge in [0.15, 0.2) is 0 Å². The zero-order valence-electron chi connectivity index (χ0n) is 20.1. The molecule has 0 saturated heterocycles. The van der Waals surface area contributed by atoms with E-state index in [2.05, 4.69) is 5.32 Å². The SMILES string of the molecule is COc1ccc(NCc2ccccc2OP2(=O)Oc3ccccc3CN2c2ccc(OC)cc2)cc1. The Morgan fingerprint density at radius 2 is 1.47 bits per heavy atom. The smallest absolute Gasteiger partial charge is 0.497 e. The Morgan fingerprint density at radius 1 is 0.833 bits per heavy atom. The van der Waals surface area contributed by atoms with Crippen molar-refractivity contribution in [3.8, 4) is 23.0 Å². The molecule has 7 nitrogen and oxygen atoms in total. The highest BCUT2D eigenvalue weighted by Crippen LogP contribution is 2.58. The molecule has 0 aromatic heterocycles. The van der Waals surface area contributed by atoms with Gasteiger partial charge in [-0.15, -0.1) is 0 Å². The molecule has 0 saturated carbocycles. The van der Waals surface area contributed by atoms with Gasteiger partial charge in [0.2, 0.25) is 0 Å². The van der Waals surface area contributed by atoms with Crippen LogP contribution in [0.1, 0.15) is 11.1 Å². The summed E-state index contributed by atoms with van der Waals surface area (Å²) in [7, 11) is -0.559. The zero-order valence-corrected chi connectivity index (χ0v) is 21.0. The second-order valence-electron chi connectivity index (χ2n) is 8.20. The van der Waals surface area contributed by atoms with Crippen molar-refractivity contribution in [1.29, 1.82) is 0 Å². The number of hydrogen-bond donors (Lipinski definition) is 1. The third-order valence-corrected chi connectivity index (χ3v) is 7.75. The molecule has 1 atom stereocenters. The van der Waals surface area contributed by atoms with E-state index in [1.165, 1.54) is 0 Å². The van der Waals surface area contributed by atoms with E-state index in [-0.39, 0.29) is 0 Å². The first-order valence-electron chi connectivity index (χ1n) is 11.5. The van der Waals surface area contributed by atoms with Crippen LogP contribution >= 0.6 is 7.75 Å². The fourth-order valence-electron chi connectivity index (χ4n) is 3.97. The summed E-state index contributed by atoms with van der Waals surface area (Å²) in [4.78, 5) is 0. The molecular formula is C28H27N2O5P. The third kappa shape index (κ3) is 4.97. The first-order valence-corrected chi connectivity index (χ1v) is 13.0. The number of nitrogens with zero attached hydrogens (tertiary/aromatic N) is 1. The van der Waals surface area contributed by atoms with Gasteiger partial charge in [-0.3, -0.25) is 4.67 Å². The van der Waals surface area contributed by atoms with Gasteiger partial charge in [0.25, 0.3) is 0 Å². The summed E-state index contributed by atoms with van der Waals surface area (Å²) in [5.41, 5.74) is 3.42. The Morgan fingerprint density at radius 3 is 2.19 bits per heavy atom. The number of hydrogen-bond acceptors (Lipinski definition) is 6. The molecule has 0 spiro atoms. The Labute approximate surface area is 210 Å². The highest BCUT2D eigenvalue weighted by atomic mass is 31.2. The van der Waals surface area contributed by atoms with Crippen LogP contribution in [0.25, 0.3) is 0 Å². The largest absolute Gasteiger partial charge is 0.544 e. The van der Waals surface area contributed by atoms with E-state index in [1.54, 1.807) is 25.0 Å². The van der Waals surface area contributed by atoms with E-state index in [1.807, 2.05) is 91.0 Å². The fourth-order valence-corrected chi connectivity index (χ4v) is 5.80. The summed E-state index contributed by atoms with van der Waals surface area (Å²) in [6.45, 7) is 0.855. The predicted molar refractivity (Wildman–Crippen MR) is 141 cm³/mol. The topological polar surface area (TPSA) is 69.3 Å². The van der Waals surface area contributed by atoms with Crippen LogP contribution in [0, 0.1) is 0 Å². The van der Waals surface area contributed by atoms with Gasteiger partial charge in [-0.05, 0) is 60.7 Å². The third-order valence-electron chi connectivity index (χ3n) is 5.93. The van der Waals surface area contributed by atoms with Crippen LogP contribution in [0.5, 0.6) is 23.0 Å². The van der Waals surface area contributed by atoms with Crippen molar-refractivity contribution in [2.75, 3.05) is 24.2 Å². The van der Waals surface area contributed by atoms with Crippen molar-refractivity contribution in [1.82, 2.24) is 0 Å². The van der Waals surface area contributed by atoms with E-state index in [9.17, 15) is 4.57 Å². The maximum absolute atomic E-state index is 14.4. The lowest BCUT2D eigenvalue weighted by atomic mass is 10.2. The molecule has 5 rings (SSSR count). The average molecular weight is 503 g/mol. The Bertz CT molecular complexity index is 1380. The molecule has 0 amide bonds. The summed E-state index contributed by atoms with van der Waals surface area (Å²) in [6.07, 6.45) is 0. The number of benzene rings is 4. The summed E-state index contributed by atoms with van der Waals surface area (Å²) in [5.74, 6) is 2.54. The molecule has 1 unspecified atom stereocenters.